The van der Waals surface area contributed by atoms with Gasteiger partial charge in [-0.2, -0.15) is 0 Å². The second kappa shape index (κ2) is 7.06. The van der Waals surface area contributed by atoms with Crippen molar-refractivity contribution >= 4 is 15.9 Å². The van der Waals surface area contributed by atoms with E-state index in [4.69, 9.17) is 0 Å². The molecule has 1 aliphatic rings. The molecule has 0 radical (unpaired) electrons. The standard InChI is InChI=1S/C11H23N3O3S/c1-14(2)18(16,17)8-7-12-11(15)9-13-10-5-3-4-6-10/h10,13H,3-9H2,1-2H3,(H,12,15). The molecule has 0 aromatic rings. The molecule has 0 aromatic heterocycles. The summed E-state index contributed by atoms with van der Waals surface area (Å²) in [5, 5.41) is 5.79. The van der Waals surface area contributed by atoms with Crippen LogP contribution in [0.25, 0.3) is 0 Å². The van der Waals surface area contributed by atoms with Crippen molar-refractivity contribution < 1.29 is 13.2 Å². The lowest BCUT2D eigenvalue weighted by molar-refractivity contribution is -0.120. The number of rotatable bonds is 7. The Balaban J connectivity index is 2.13. The molecular weight excluding hydrogens is 254 g/mol. The maximum Gasteiger partial charge on any atom is 0.233 e. The first kappa shape index (κ1) is 15.4. The Kier molecular flexibility index (Phi) is 6.04. The van der Waals surface area contributed by atoms with Crippen molar-refractivity contribution in [2.75, 3.05) is 32.9 Å². The maximum absolute atomic E-state index is 11.5. The van der Waals surface area contributed by atoms with Crippen LogP contribution in [0.4, 0.5) is 0 Å². The van der Waals surface area contributed by atoms with Gasteiger partial charge in [0.1, 0.15) is 0 Å². The van der Waals surface area contributed by atoms with Gasteiger partial charge < -0.3 is 10.6 Å². The Labute approximate surface area is 109 Å². The third-order valence-corrected chi connectivity index (χ3v) is 4.98. The molecule has 0 unspecified atom stereocenters. The molecule has 0 bridgehead atoms. The first-order chi connectivity index (χ1) is 8.42. The summed E-state index contributed by atoms with van der Waals surface area (Å²) < 4.78 is 24.0. The topological polar surface area (TPSA) is 78.5 Å². The molecule has 0 atom stereocenters. The van der Waals surface area contributed by atoms with Crippen LogP contribution < -0.4 is 10.6 Å². The fourth-order valence-corrected chi connectivity index (χ4v) is 2.66. The Hall–Kier alpha value is -0.660. The summed E-state index contributed by atoms with van der Waals surface area (Å²) in [5.74, 6) is -0.203. The van der Waals surface area contributed by atoms with Gasteiger partial charge in [-0.05, 0) is 12.8 Å². The van der Waals surface area contributed by atoms with E-state index in [1.54, 1.807) is 0 Å². The molecule has 0 heterocycles. The van der Waals surface area contributed by atoms with Crippen molar-refractivity contribution in [3.8, 4) is 0 Å². The fourth-order valence-electron chi connectivity index (χ4n) is 1.93. The van der Waals surface area contributed by atoms with Crippen LogP contribution in [0.1, 0.15) is 25.7 Å². The SMILES string of the molecule is CN(C)S(=O)(=O)CCNC(=O)CNC1CCCC1. The maximum atomic E-state index is 11.5. The highest BCUT2D eigenvalue weighted by atomic mass is 32.2. The molecule has 2 N–H and O–H groups in total. The molecule has 6 nitrogen and oxygen atoms in total. The summed E-state index contributed by atoms with van der Waals surface area (Å²) in [6, 6.07) is 0.446. The van der Waals surface area contributed by atoms with Crippen LogP contribution in [0.2, 0.25) is 0 Å². The first-order valence-corrected chi connectivity index (χ1v) is 7.93. The Morgan fingerprint density at radius 3 is 2.44 bits per heavy atom. The predicted molar refractivity (Wildman–Crippen MR) is 70.7 cm³/mol. The fraction of sp³-hybridized carbons (Fsp3) is 0.909. The zero-order chi connectivity index (χ0) is 13.6. The van der Waals surface area contributed by atoms with Crippen LogP contribution in [-0.2, 0) is 14.8 Å². The van der Waals surface area contributed by atoms with E-state index in [1.807, 2.05) is 0 Å². The average molecular weight is 277 g/mol. The third-order valence-electron chi connectivity index (χ3n) is 3.14. The molecule has 0 saturated heterocycles. The Morgan fingerprint density at radius 2 is 1.89 bits per heavy atom. The van der Waals surface area contributed by atoms with E-state index in [0.29, 0.717) is 6.04 Å². The van der Waals surface area contributed by atoms with Gasteiger partial charge in [-0.15, -0.1) is 0 Å². The minimum absolute atomic E-state index is 0.0603. The lowest BCUT2D eigenvalue weighted by atomic mass is 10.2. The number of hydrogen-bond acceptors (Lipinski definition) is 4. The minimum atomic E-state index is -3.23. The van der Waals surface area contributed by atoms with Crippen LogP contribution in [0.5, 0.6) is 0 Å². The van der Waals surface area contributed by atoms with Crippen LogP contribution in [-0.4, -0.2) is 57.6 Å². The van der Waals surface area contributed by atoms with Gasteiger partial charge in [-0.3, -0.25) is 4.79 Å². The summed E-state index contributed by atoms with van der Waals surface area (Å²) in [7, 11) is -0.256. The van der Waals surface area contributed by atoms with Crippen molar-refractivity contribution in [3.63, 3.8) is 0 Å². The van der Waals surface area contributed by atoms with E-state index < -0.39 is 10.0 Å². The van der Waals surface area contributed by atoms with Crippen LogP contribution in [0.15, 0.2) is 0 Å². The van der Waals surface area contributed by atoms with Crippen LogP contribution in [0.3, 0.4) is 0 Å². The average Bonchev–Trinajstić information content (AvgIpc) is 2.78. The molecule has 0 aliphatic heterocycles. The number of sulfonamides is 1. The Morgan fingerprint density at radius 1 is 1.28 bits per heavy atom. The van der Waals surface area contributed by atoms with Gasteiger partial charge in [0.05, 0.1) is 12.3 Å². The number of carbonyl (C=O) groups is 1. The largest absolute Gasteiger partial charge is 0.354 e. The van der Waals surface area contributed by atoms with E-state index in [2.05, 4.69) is 10.6 Å². The first-order valence-electron chi connectivity index (χ1n) is 6.32. The molecule has 18 heavy (non-hydrogen) atoms. The van der Waals surface area contributed by atoms with Gasteiger partial charge in [-0.25, -0.2) is 12.7 Å². The zero-order valence-electron chi connectivity index (χ0n) is 11.1. The summed E-state index contributed by atoms with van der Waals surface area (Å²) in [6.45, 7) is 0.429. The normalized spacial score (nSPS) is 17.3. The minimum Gasteiger partial charge on any atom is -0.354 e. The molecule has 7 heteroatoms. The molecule has 1 amide bonds. The van der Waals surface area contributed by atoms with Gasteiger partial charge >= 0.3 is 0 Å². The highest BCUT2D eigenvalue weighted by Crippen LogP contribution is 2.17. The molecule has 1 aliphatic carbocycles. The molecule has 0 aromatic carbocycles. The van der Waals surface area contributed by atoms with Crippen molar-refractivity contribution in [3.05, 3.63) is 0 Å². The molecule has 1 rings (SSSR count). The number of nitrogens with zero attached hydrogens (tertiary/aromatic N) is 1. The number of hydrogen-bond donors (Lipinski definition) is 2. The Bertz CT molecular complexity index is 362. The van der Waals surface area contributed by atoms with Gasteiger partial charge in [0.25, 0.3) is 0 Å². The smallest absolute Gasteiger partial charge is 0.233 e. The van der Waals surface area contributed by atoms with E-state index in [1.165, 1.54) is 26.9 Å². The highest BCUT2D eigenvalue weighted by Gasteiger charge is 2.16. The lowest BCUT2D eigenvalue weighted by Gasteiger charge is -2.13. The van der Waals surface area contributed by atoms with E-state index in [-0.39, 0.29) is 24.7 Å². The quantitative estimate of drug-likeness (QED) is 0.659. The van der Waals surface area contributed by atoms with Gasteiger partial charge in [0.2, 0.25) is 15.9 Å². The van der Waals surface area contributed by atoms with E-state index in [9.17, 15) is 13.2 Å². The lowest BCUT2D eigenvalue weighted by Crippen LogP contribution is -2.40. The summed E-state index contributed by atoms with van der Waals surface area (Å²) in [6.07, 6.45) is 4.70. The second-order valence-corrected chi connectivity index (χ2v) is 7.11. The van der Waals surface area contributed by atoms with Crippen molar-refractivity contribution in [2.45, 2.75) is 31.7 Å². The van der Waals surface area contributed by atoms with E-state index in [0.717, 1.165) is 17.1 Å². The summed E-state index contributed by atoms with van der Waals surface area (Å²) in [4.78, 5) is 11.5. The van der Waals surface area contributed by atoms with Gasteiger partial charge in [0.15, 0.2) is 0 Å². The van der Waals surface area contributed by atoms with Crippen LogP contribution in [0, 0.1) is 0 Å². The highest BCUT2D eigenvalue weighted by molar-refractivity contribution is 7.89. The van der Waals surface area contributed by atoms with Crippen molar-refractivity contribution in [1.29, 1.82) is 0 Å². The van der Waals surface area contributed by atoms with E-state index >= 15 is 0 Å². The summed E-state index contributed by atoms with van der Waals surface area (Å²) >= 11 is 0. The van der Waals surface area contributed by atoms with Crippen molar-refractivity contribution in [1.82, 2.24) is 14.9 Å². The van der Waals surface area contributed by atoms with Crippen LogP contribution >= 0.6 is 0 Å². The number of nitrogens with one attached hydrogen (secondary N) is 2. The second-order valence-electron chi connectivity index (χ2n) is 4.81. The third kappa shape index (κ3) is 5.32. The molecule has 1 fully saturated rings. The molecular formula is C11H23N3O3S. The monoisotopic (exact) mass is 277 g/mol. The summed E-state index contributed by atoms with van der Waals surface area (Å²) in [5.41, 5.74) is 0. The number of carbonyl (C=O) groups excluding carboxylic acids is 1. The van der Waals surface area contributed by atoms with Crippen molar-refractivity contribution in [2.24, 2.45) is 0 Å². The molecule has 1 saturated carbocycles. The molecule has 106 valence electrons. The molecule has 0 spiro atoms. The predicted octanol–water partition coefficient (Wildman–Crippen LogP) is -0.474. The zero-order valence-corrected chi connectivity index (χ0v) is 11.9. The number of amides is 1. The van der Waals surface area contributed by atoms with Gasteiger partial charge in [0, 0.05) is 26.7 Å². The van der Waals surface area contributed by atoms with Gasteiger partial charge in [-0.1, -0.05) is 12.8 Å².